The second kappa shape index (κ2) is 7.21. The van der Waals surface area contributed by atoms with E-state index >= 15 is 0 Å². The Morgan fingerprint density at radius 1 is 1.13 bits per heavy atom. The predicted molar refractivity (Wildman–Crippen MR) is 118 cm³/mol. The highest BCUT2D eigenvalue weighted by Gasteiger charge is 2.44. The van der Waals surface area contributed by atoms with E-state index in [0.29, 0.717) is 31.6 Å². The number of furan rings is 1. The molecular formula is C26H28O5. The second-order valence-corrected chi connectivity index (χ2v) is 9.39. The molecule has 3 aliphatic carbocycles. The van der Waals surface area contributed by atoms with E-state index < -0.39 is 11.2 Å². The first-order valence-electron chi connectivity index (χ1n) is 10.9. The second-order valence-electron chi connectivity index (χ2n) is 9.39. The fraction of sp³-hybridized carbons (Fsp3) is 0.423. The molecule has 1 aliphatic heterocycles. The lowest BCUT2D eigenvalue weighted by atomic mass is 9.69. The molecule has 0 amide bonds. The largest absolute Gasteiger partial charge is 0.495 e. The average molecular weight is 421 g/mol. The molecule has 5 heteroatoms. The lowest BCUT2D eigenvalue weighted by Crippen LogP contribution is -2.31. The Hall–Kier alpha value is -2.63. The highest BCUT2D eigenvalue weighted by molar-refractivity contribution is 6.16. The van der Waals surface area contributed by atoms with Crippen LogP contribution in [-0.4, -0.2) is 30.9 Å². The van der Waals surface area contributed by atoms with Crippen LogP contribution in [0.15, 0.2) is 57.8 Å². The van der Waals surface area contributed by atoms with Gasteiger partial charge in [-0.05, 0) is 39.3 Å². The molecule has 5 rings (SSSR count). The van der Waals surface area contributed by atoms with Crippen LogP contribution in [0, 0.1) is 0 Å². The fourth-order valence-corrected chi connectivity index (χ4v) is 4.71. The van der Waals surface area contributed by atoms with Crippen molar-refractivity contribution in [2.24, 2.45) is 0 Å². The molecule has 0 saturated carbocycles. The van der Waals surface area contributed by atoms with Gasteiger partial charge in [0, 0.05) is 29.4 Å². The van der Waals surface area contributed by atoms with Crippen LogP contribution in [0.4, 0.5) is 0 Å². The molecule has 1 fully saturated rings. The van der Waals surface area contributed by atoms with Gasteiger partial charge in [-0.25, -0.2) is 0 Å². The summed E-state index contributed by atoms with van der Waals surface area (Å²) in [5.41, 5.74) is 2.90. The molecule has 5 nitrogen and oxygen atoms in total. The minimum Gasteiger partial charge on any atom is -0.495 e. The normalized spacial score (nSPS) is 25.5. The minimum atomic E-state index is -0.567. The molecule has 31 heavy (non-hydrogen) atoms. The summed E-state index contributed by atoms with van der Waals surface area (Å²) in [6, 6.07) is 0. The maximum atomic E-state index is 13.6. The summed E-state index contributed by atoms with van der Waals surface area (Å²) in [7, 11) is 0. The third-order valence-corrected chi connectivity index (χ3v) is 6.30. The molecule has 2 heterocycles. The van der Waals surface area contributed by atoms with Crippen molar-refractivity contribution >= 4 is 11.9 Å². The SMILES string of the molecule is CC1(C)OC[C@H](COC2=CC=C3C(=CC2)C(=O)c2c(oc4c2C=CC=CC4)C3(C)C)O1. The topological polar surface area (TPSA) is 57.9 Å². The van der Waals surface area contributed by atoms with Crippen LogP contribution in [0.1, 0.15) is 61.6 Å². The van der Waals surface area contributed by atoms with Crippen molar-refractivity contribution in [2.45, 2.75) is 57.8 Å². The molecule has 0 N–H and O–H groups in total. The van der Waals surface area contributed by atoms with E-state index in [0.717, 1.165) is 34.0 Å². The molecule has 0 aromatic carbocycles. The first-order valence-corrected chi connectivity index (χ1v) is 10.9. The van der Waals surface area contributed by atoms with Gasteiger partial charge >= 0.3 is 0 Å². The van der Waals surface area contributed by atoms with E-state index in [1.165, 1.54) is 0 Å². The van der Waals surface area contributed by atoms with E-state index in [1.54, 1.807) is 0 Å². The number of ether oxygens (including phenoxy) is 3. The summed E-state index contributed by atoms with van der Waals surface area (Å²) in [4.78, 5) is 13.6. The van der Waals surface area contributed by atoms with Gasteiger partial charge in [0.15, 0.2) is 11.6 Å². The van der Waals surface area contributed by atoms with Gasteiger partial charge in [-0.3, -0.25) is 4.79 Å². The number of carbonyl (C=O) groups excluding carboxylic acids is 1. The molecule has 162 valence electrons. The molecule has 1 aromatic heterocycles. The van der Waals surface area contributed by atoms with Crippen molar-refractivity contribution in [2.75, 3.05) is 13.2 Å². The monoisotopic (exact) mass is 420 g/mol. The Balaban J connectivity index is 1.44. The van der Waals surface area contributed by atoms with Crippen LogP contribution in [0.2, 0.25) is 0 Å². The van der Waals surface area contributed by atoms with Crippen LogP contribution in [0.3, 0.4) is 0 Å². The third kappa shape index (κ3) is 3.46. The number of fused-ring (bicyclic) bond motifs is 4. The lowest BCUT2D eigenvalue weighted by Gasteiger charge is -2.32. The van der Waals surface area contributed by atoms with Crippen LogP contribution in [0.5, 0.6) is 0 Å². The number of hydrogen-bond donors (Lipinski definition) is 0. The zero-order valence-electron chi connectivity index (χ0n) is 18.5. The number of ketones is 1. The van der Waals surface area contributed by atoms with Gasteiger partial charge in [0.25, 0.3) is 0 Å². The summed E-state index contributed by atoms with van der Waals surface area (Å²) in [5.74, 6) is 1.88. The van der Waals surface area contributed by atoms with Gasteiger partial charge in [0.1, 0.15) is 24.2 Å². The Kier molecular flexibility index (Phi) is 4.72. The summed E-state index contributed by atoms with van der Waals surface area (Å²) >= 11 is 0. The fourth-order valence-electron chi connectivity index (χ4n) is 4.71. The molecular weight excluding hydrogens is 392 g/mol. The summed E-state index contributed by atoms with van der Waals surface area (Å²) in [5, 5.41) is 0. The van der Waals surface area contributed by atoms with Crippen LogP contribution < -0.4 is 0 Å². The molecule has 0 unspecified atom stereocenters. The number of Topliss-reactive ketones (excluding diaryl/α,β-unsaturated/α-hetero) is 1. The van der Waals surface area contributed by atoms with E-state index in [-0.39, 0.29) is 11.9 Å². The van der Waals surface area contributed by atoms with Gasteiger partial charge < -0.3 is 18.6 Å². The predicted octanol–water partition coefficient (Wildman–Crippen LogP) is 5.19. The smallest absolute Gasteiger partial charge is 0.197 e. The van der Waals surface area contributed by atoms with Crippen molar-refractivity contribution < 1.29 is 23.4 Å². The van der Waals surface area contributed by atoms with Crippen molar-refractivity contribution in [1.82, 2.24) is 0 Å². The third-order valence-electron chi connectivity index (χ3n) is 6.30. The minimum absolute atomic E-state index is 0.0288. The Morgan fingerprint density at radius 2 is 1.97 bits per heavy atom. The Labute approximate surface area is 182 Å². The zero-order valence-corrected chi connectivity index (χ0v) is 18.5. The maximum Gasteiger partial charge on any atom is 0.197 e. The highest BCUT2D eigenvalue weighted by Crippen LogP contribution is 2.48. The number of rotatable bonds is 3. The number of allylic oxidation sites excluding steroid dienone is 8. The summed E-state index contributed by atoms with van der Waals surface area (Å²) < 4.78 is 23.7. The van der Waals surface area contributed by atoms with Gasteiger partial charge in [0.2, 0.25) is 0 Å². The molecule has 0 spiro atoms. The molecule has 0 bridgehead atoms. The molecule has 4 aliphatic rings. The molecule has 1 aromatic rings. The van der Waals surface area contributed by atoms with Crippen LogP contribution in [-0.2, 0) is 26.0 Å². The number of hydrogen-bond acceptors (Lipinski definition) is 5. The first kappa shape index (κ1) is 20.3. The van der Waals surface area contributed by atoms with Gasteiger partial charge in [-0.1, -0.05) is 36.5 Å². The maximum absolute atomic E-state index is 13.6. The van der Waals surface area contributed by atoms with Crippen LogP contribution in [0.25, 0.3) is 6.08 Å². The zero-order chi connectivity index (χ0) is 21.8. The van der Waals surface area contributed by atoms with E-state index in [2.05, 4.69) is 19.9 Å². The number of carbonyl (C=O) groups is 1. The first-order chi connectivity index (χ1) is 14.8. The van der Waals surface area contributed by atoms with Crippen molar-refractivity contribution in [3.63, 3.8) is 0 Å². The van der Waals surface area contributed by atoms with Crippen molar-refractivity contribution in [3.8, 4) is 0 Å². The standard InChI is InChI=1S/C26H28O5/c1-25(2)20-13-11-16(28-14-17-15-29-26(3,4)31-17)10-12-18(20)23(27)22-19-8-6-5-7-9-21(19)30-24(22)25/h5-8,11-13,17H,9-10,14-15H2,1-4H3/t17-/m0/s1. The van der Waals surface area contributed by atoms with Gasteiger partial charge in [0.05, 0.1) is 17.9 Å². The van der Waals surface area contributed by atoms with E-state index in [1.807, 2.05) is 50.3 Å². The average Bonchev–Trinajstić information content (AvgIpc) is 3.05. The molecule has 1 atom stereocenters. The van der Waals surface area contributed by atoms with Gasteiger partial charge in [-0.15, -0.1) is 0 Å². The van der Waals surface area contributed by atoms with Crippen molar-refractivity contribution in [1.29, 1.82) is 0 Å². The lowest BCUT2D eigenvalue weighted by molar-refractivity contribution is -0.143. The van der Waals surface area contributed by atoms with Crippen LogP contribution >= 0.6 is 0 Å². The Bertz CT molecular complexity index is 1090. The summed E-state index contributed by atoms with van der Waals surface area (Å²) in [6.07, 6.45) is 15.1. The highest BCUT2D eigenvalue weighted by atomic mass is 16.7. The van der Waals surface area contributed by atoms with E-state index in [9.17, 15) is 4.79 Å². The van der Waals surface area contributed by atoms with Gasteiger partial charge in [-0.2, -0.15) is 0 Å². The Morgan fingerprint density at radius 3 is 2.74 bits per heavy atom. The van der Waals surface area contributed by atoms with Crippen molar-refractivity contribution in [3.05, 3.63) is 76.0 Å². The molecule has 0 radical (unpaired) electrons. The summed E-state index contributed by atoms with van der Waals surface area (Å²) in [6.45, 7) is 8.98. The quantitative estimate of drug-likeness (QED) is 0.674. The molecule has 1 saturated heterocycles. The van der Waals surface area contributed by atoms with E-state index in [4.69, 9.17) is 18.6 Å².